The third-order valence-electron chi connectivity index (χ3n) is 7.75. The van der Waals surface area contributed by atoms with Crippen LogP contribution < -0.4 is 9.64 Å². The number of aliphatic imine (C=N–C) groups is 1. The first kappa shape index (κ1) is 29.3. The number of fused-ring (bicyclic) bond motifs is 1. The van der Waals surface area contributed by atoms with Gasteiger partial charge in [-0.2, -0.15) is 13.2 Å². The Labute approximate surface area is 241 Å². The normalized spacial score (nSPS) is 20.7. The highest BCUT2D eigenvalue weighted by Crippen LogP contribution is 2.45. The van der Waals surface area contributed by atoms with Crippen molar-refractivity contribution in [2.45, 2.75) is 25.1 Å². The molecule has 2 atom stereocenters. The van der Waals surface area contributed by atoms with Crippen LogP contribution in [0.2, 0.25) is 0 Å². The van der Waals surface area contributed by atoms with Crippen LogP contribution in [0, 0.1) is 11.7 Å². The average Bonchev–Trinajstić information content (AvgIpc) is 3.00. The fourth-order valence-corrected chi connectivity index (χ4v) is 5.56. The van der Waals surface area contributed by atoms with Crippen molar-refractivity contribution in [2.24, 2.45) is 10.9 Å². The van der Waals surface area contributed by atoms with Gasteiger partial charge in [-0.15, -0.1) is 0 Å². The number of methoxy groups -OCH3 is 3. The van der Waals surface area contributed by atoms with Gasteiger partial charge in [-0.05, 0) is 36.8 Å². The number of rotatable bonds is 6. The van der Waals surface area contributed by atoms with Gasteiger partial charge in [-0.25, -0.2) is 9.38 Å². The summed E-state index contributed by atoms with van der Waals surface area (Å²) in [7, 11) is 4.21. The zero-order valence-electron chi connectivity index (χ0n) is 23.5. The molecule has 2 unspecified atom stereocenters. The molecule has 1 fully saturated rings. The number of para-hydroxylation sites is 1. The number of hydrogen-bond acceptors (Lipinski definition) is 8. The highest BCUT2D eigenvalue weighted by molar-refractivity contribution is 5.89. The monoisotopic (exact) mass is 588 g/mol. The molecule has 2 aromatic rings. The second kappa shape index (κ2) is 11.9. The number of benzene rings is 2. The van der Waals surface area contributed by atoms with Gasteiger partial charge in [0.05, 0.1) is 45.4 Å². The van der Waals surface area contributed by atoms with Gasteiger partial charge >= 0.3 is 12.1 Å². The van der Waals surface area contributed by atoms with Gasteiger partial charge in [0, 0.05) is 43.5 Å². The van der Waals surface area contributed by atoms with Crippen LogP contribution in [0.1, 0.15) is 24.4 Å². The topological polar surface area (TPSA) is 66.8 Å². The Morgan fingerprint density at radius 3 is 2.38 bits per heavy atom. The van der Waals surface area contributed by atoms with E-state index in [1.807, 2.05) is 29.2 Å². The van der Waals surface area contributed by atoms with E-state index in [1.165, 1.54) is 32.4 Å². The number of allylic oxidation sites excluding steroid dienone is 2. The molecule has 1 aliphatic carbocycles. The molecule has 0 N–H and O–H groups in total. The molecule has 42 heavy (non-hydrogen) atoms. The van der Waals surface area contributed by atoms with Crippen LogP contribution in [0.25, 0.3) is 0 Å². The maximum atomic E-state index is 15.2. The van der Waals surface area contributed by atoms with Gasteiger partial charge in [-0.3, -0.25) is 4.79 Å². The van der Waals surface area contributed by atoms with E-state index in [0.29, 0.717) is 31.7 Å². The van der Waals surface area contributed by atoms with E-state index in [0.717, 1.165) is 17.5 Å². The largest absolute Gasteiger partial charge is 0.497 e. The Bertz CT molecular complexity index is 1420. The van der Waals surface area contributed by atoms with Crippen molar-refractivity contribution in [2.75, 3.05) is 52.4 Å². The third-order valence-corrected chi connectivity index (χ3v) is 7.75. The zero-order chi connectivity index (χ0) is 30.0. The first-order valence-corrected chi connectivity index (χ1v) is 13.5. The standard InChI is InChI=1S/C30H32F4N4O4/c1-40-21-7-4-6-20(17-21)36-12-14-37(15-13-36)29-35-28-22(8-5-9-23(28)31)24(18-27(39)42-3)38(29)25-16-19(30(32,33)34)10-11-26(25)41-2/h4-9,11,16-17,19,24H,10,12-15,18H2,1-3H3. The van der Waals surface area contributed by atoms with Gasteiger partial charge < -0.3 is 28.9 Å². The molecular weight excluding hydrogens is 556 g/mol. The molecule has 1 saturated heterocycles. The Morgan fingerprint density at radius 2 is 1.71 bits per heavy atom. The summed E-state index contributed by atoms with van der Waals surface area (Å²) in [4.78, 5) is 23.0. The molecule has 0 saturated carbocycles. The van der Waals surface area contributed by atoms with Crippen LogP contribution in [0.5, 0.6) is 5.75 Å². The van der Waals surface area contributed by atoms with Crippen molar-refractivity contribution >= 4 is 23.3 Å². The zero-order valence-corrected chi connectivity index (χ0v) is 23.5. The van der Waals surface area contributed by atoms with E-state index in [2.05, 4.69) is 9.89 Å². The minimum absolute atomic E-state index is 0.0413. The van der Waals surface area contributed by atoms with Crippen molar-refractivity contribution < 1.29 is 36.6 Å². The molecule has 12 heteroatoms. The molecule has 0 spiro atoms. The van der Waals surface area contributed by atoms with Crippen LogP contribution in [-0.4, -0.2) is 75.4 Å². The molecule has 0 bridgehead atoms. The first-order valence-electron chi connectivity index (χ1n) is 13.5. The van der Waals surface area contributed by atoms with E-state index >= 15 is 4.39 Å². The number of carbonyl (C=O) groups is 1. The van der Waals surface area contributed by atoms with Crippen molar-refractivity contribution in [3.63, 3.8) is 0 Å². The molecule has 5 rings (SSSR count). The average molecular weight is 589 g/mol. The molecule has 3 aliphatic rings. The lowest BCUT2D eigenvalue weighted by Crippen LogP contribution is -2.55. The van der Waals surface area contributed by atoms with E-state index in [-0.39, 0.29) is 35.9 Å². The Kier molecular flexibility index (Phi) is 8.33. The fourth-order valence-electron chi connectivity index (χ4n) is 5.56. The third kappa shape index (κ3) is 5.75. The minimum Gasteiger partial charge on any atom is -0.497 e. The summed E-state index contributed by atoms with van der Waals surface area (Å²) in [5.41, 5.74) is 1.48. The smallest absolute Gasteiger partial charge is 0.395 e. The van der Waals surface area contributed by atoms with Gasteiger partial charge in [0.25, 0.3) is 0 Å². The number of nitrogens with zero attached hydrogens (tertiary/aromatic N) is 4. The number of piperazine rings is 1. The number of halogens is 4. The van der Waals surface area contributed by atoms with E-state index in [1.54, 1.807) is 18.1 Å². The van der Waals surface area contributed by atoms with Crippen molar-refractivity contribution in [3.8, 4) is 5.75 Å². The molecule has 0 radical (unpaired) electrons. The number of guanidine groups is 1. The van der Waals surface area contributed by atoms with Crippen molar-refractivity contribution in [1.82, 2.24) is 9.80 Å². The lowest BCUT2D eigenvalue weighted by molar-refractivity contribution is -0.161. The fraction of sp³-hybridized carbons (Fsp3) is 0.400. The Hall–Kier alpha value is -4.22. The van der Waals surface area contributed by atoms with Crippen LogP contribution in [-0.2, 0) is 14.3 Å². The summed E-state index contributed by atoms with van der Waals surface area (Å²) in [6.45, 7) is 1.98. The predicted octanol–water partition coefficient (Wildman–Crippen LogP) is 5.56. The highest BCUT2D eigenvalue weighted by atomic mass is 19.4. The van der Waals surface area contributed by atoms with Gasteiger partial charge in [0.1, 0.15) is 23.0 Å². The van der Waals surface area contributed by atoms with E-state index in [4.69, 9.17) is 14.2 Å². The van der Waals surface area contributed by atoms with Crippen LogP contribution in [0.4, 0.5) is 28.9 Å². The molecule has 8 nitrogen and oxygen atoms in total. The summed E-state index contributed by atoms with van der Waals surface area (Å²) >= 11 is 0. The van der Waals surface area contributed by atoms with Crippen LogP contribution in [0.15, 0.2) is 71.1 Å². The maximum Gasteiger partial charge on any atom is 0.395 e. The van der Waals surface area contributed by atoms with Crippen molar-refractivity contribution in [3.05, 3.63) is 77.5 Å². The molecule has 2 aliphatic heterocycles. The molecule has 2 heterocycles. The lowest BCUT2D eigenvalue weighted by Gasteiger charge is -2.46. The summed E-state index contributed by atoms with van der Waals surface area (Å²) in [5.74, 6) is -1.79. The molecule has 0 amide bonds. The number of alkyl halides is 3. The maximum absolute atomic E-state index is 15.2. The number of ether oxygens (including phenoxy) is 3. The molecule has 0 aromatic heterocycles. The summed E-state index contributed by atoms with van der Waals surface area (Å²) < 4.78 is 72.9. The van der Waals surface area contributed by atoms with Gasteiger partial charge in [-0.1, -0.05) is 18.2 Å². The van der Waals surface area contributed by atoms with Gasteiger partial charge in [0.15, 0.2) is 0 Å². The predicted molar refractivity (Wildman–Crippen MR) is 149 cm³/mol. The number of carbonyl (C=O) groups excluding carboxylic acids is 1. The minimum atomic E-state index is -4.50. The van der Waals surface area contributed by atoms with Crippen molar-refractivity contribution in [1.29, 1.82) is 0 Å². The Morgan fingerprint density at radius 1 is 1.00 bits per heavy atom. The molecular formula is C30H32F4N4O4. The SMILES string of the molecule is COC(=O)CC1c2cccc(F)c2N=C(N2CCN(c3cccc(OC)c3)CC2)N1C1=CC(C(F)(F)F)CC=C1OC. The van der Waals surface area contributed by atoms with E-state index in [9.17, 15) is 18.0 Å². The van der Waals surface area contributed by atoms with Gasteiger partial charge in [0.2, 0.25) is 5.96 Å². The lowest BCUT2D eigenvalue weighted by atomic mass is 9.93. The number of anilines is 1. The summed E-state index contributed by atoms with van der Waals surface area (Å²) in [5, 5.41) is 0. The first-order chi connectivity index (χ1) is 20.1. The van der Waals surface area contributed by atoms with E-state index < -0.39 is 29.9 Å². The van der Waals surface area contributed by atoms with Crippen LogP contribution in [0.3, 0.4) is 0 Å². The molecule has 2 aromatic carbocycles. The quantitative estimate of drug-likeness (QED) is 0.324. The second-order valence-corrected chi connectivity index (χ2v) is 10.1. The highest BCUT2D eigenvalue weighted by Gasteiger charge is 2.44. The summed E-state index contributed by atoms with van der Waals surface area (Å²) in [6.07, 6.45) is -2.54. The van der Waals surface area contributed by atoms with Crippen LogP contribution >= 0.6 is 0 Å². The number of esters is 1. The Balaban J connectivity index is 1.58. The summed E-state index contributed by atoms with van der Waals surface area (Å²) in [6, 6.07) is 11.1. The second-order valence-electron chi connectivity index (χ2n) is 10.1. The number of hydrogen-bond donors (Lipinski definition) is 0. The molecule has 224 valence electrons.